The number of carboxylic acids is 1. The Balaban J connectivity index is 2.05. The first-order valence-corrected chi connectivity index (χ1v) is 5.02. The SMILES string of the molecule is Cc1cc(COc2cccnc2)oc1C(=O)O. The highest BCUT2D eigenvalue weighted by molar-refractivity contribution is 5.86. The van der Waals surface area contributed by atoms with Gasteiger partial charge in [-0.25, -0.2) is 4.79 Å². The molecule has 17 heavy (non-hydrogen) atoms. The van der Waals surface area contributed by atoms with Crippen molar-refractivity contribution in [2.24, 2.45) is 0 Å². The summed E-state index contributed by atoms with van der Waals surface area (Å²) in [6.07, 6.45) is 3.22. The lowest BCUT2D eigenvalue weighted by molar-refractivity contribution is 0.0657. The zero-order valence-electron chi connectivity index (χ0n) is 9.21. The number of pyridine rings is 1. The van der Waals surface area contributed by atoms with Crippen LogP contribution >= 0.6 is 0 Å². The molecule has 2 aromatic heterocycles. The van der Waals surface area contributed by atoms with Crippen molar-refractivity contribution in [3.05, 3.63) is 47.7 Å². The molecule has 1 N–H and O–H groups in total. The largest absolute Gasteiger partial charge is 0.484 e. The lowest BCUT2D eigenvalue weighted by Crippen LogP contribution is -1.96. The number of hydrogen-bond donors (Lipinski definition) is 1. The zero-order chi connectivity index (χ0) is 12.3. The molecule has 0 saturated carbocycles. The molecule has 0 atom stereocenters. The summed E-state index contributed by atoms with van der Waals surface area (Å²) in [4.78, 5) is 14.7. The molecule has 0 saturated heterocycles. The third-order valence-corrected chi connectivity index (χ3v) is 2.18. The highest BCUT2D eigenvalue weighted by Gasteiger charge is 2.14. The molecule has 0 aliphatic carbocycles. The summed E-state index contributed by atoms with van der Waals surface area (Å²) in [6.45, 7) is 1.86. The van der Waals surface area contributed by atoms with E-state index in [9.17, 15) is 4.79 Å². The first-order valence-electron chi connectivity index (χ1n) is 5.02. The molecule has 0 amide bonds. The van der Waals surface area contributed by atoms with Crippen LogP contribution in [0.2, 0.25) is 0 Å². The van der Waals surface area contributed by atoms with Gasteiger partial charge in [-0.05, 0) is 25.1 Å². The maximum absolute atomic E-state index is 10.8. The average molecular weight is 233 g/mol. The topological polar surface area (TPSA) is 72.6 Å². The standard InChI is InChI=1S/C12H11NO4/c1-8-5-10(17-11(8)12(14)15)7-16-9-3-2-4-13-6-9/h2-6H,7H2,1H3,(H,14,15). The monoisotopic (exact) mass is 233 g/mol. The molecule has 0 bridgehead atoms. The predicted molar refractivity (Wildman–Crippen MR) is 59.0 cm³/mol. The molecule has 0 aromatic carbocycles. The lowest BCUT2D eigenvalue weighted by Gasteiger charge is -2.02. The van der Waals surface area contributed by atoms with E-state index in [4.69, 9.17) is 14.3 Å². The van der Waals surface area contributed by atoms with Crippen LogP contribution in [-0.4, -0.2) is 16.1 Å². The maximum atomic E-state index is 10.8. The Morgan fingerprint density at radius 3 is 3.00 bits per heavy atom. The van der Waals surface area contributed by atoms with E-state index in [1.165, 1.54) is 0 Å². The lowest BCUT2D eigenvalue weighted by atomic mass is 10.3. The van der Waals surface area contributed by atoms with Gasteiger partial charge >= 0.3 is 5.97 Å². The summed E-state index contributed by atoms with van der Waals surface area (Å²) in [5.41, 5.74) is 0.585. The van der Waals surface area contributed by atoms with Crippen LogP contribution in [0.5, 0.6) is 5.75 Å². The van der Waals surface area contributed by atoms with Crippen LogP contribution in [0, 0.1) is 6.92 Å². The van der Waals surface area contributed by atoms with Gasteiger partial charge in [-0.1, -0.05) is 0 Å². The van der Waals surface area contributed by atoms with Crippen molar-refractivity contribution in [2.45, 2.75) is 13.5 Å². The molecule has 5 heteroatoms. The minimum Gasteiger partial charge on any atom is -0.484 e. The van der Waals surface area contributed by atoms with Crippen molar-refractivity contribution >= 4 is 5.97 Å². The molecule has 0 aliphatic rings. The molecule has 88 valence electrons. The van der Waals surface area contributed by atoms with Gasteiger partial charge in [0.2, 0.25) is 5.76 Å². The van der Waals surface area contributed by atoms with E-state index in [0.717, 1.165) is 0 Å². The fraction of sp³-hybridized carbons (Fsp3) is 0.167. The number of carbonyl (C=O) groups is 1. The third kappa shape index (κ3) is 2.63. The quantitative estimate of drug-likeness (QED) is 0.876. The number of aryl methyl sites for hydroxylation is 1. The van der Waals surface area contributed by atoms with E-state index in [-0.39, 0.29) is 12.4 Å². The van der Waals surface area contributed by atoms with Gasteiger partial charge in [0.15, 0.2) is 0 Å². The van der Waals surface area contributed by atoms with Gasteiger partial charge in [0.1, 0.15) is 18.1 Å². The third-order valence-electron chi connectivity index (χ3n) is 2.18. The average Bonchev–Trinajstić information content (AvgIpc) is 2.69. The van der Waals surface area contributed by atoms with E-state index >= 15 is 0 Å². The molecule has 2 aromatic rings. The van der Waals surface area contributed by atoms with Crippen molar-refractivity contribution in [3.8, 4) is 5.75 Å². The van der Waals surface area contributed by atoms with Crippen LogP contribution in [-0.2, 0) is 6.61 Å². The molecule has 0 unspecified atom stereocenters. The Morgan fingerprint density at radius 2 is 2.41 bits per heavy atom. The van der Waals surface area contributed by atoms with Crippen LogP contribution in [0.1, 0.15) is 21.9 Å². The van der Waals surface area contributed by atoms with Crippen LogP contribution in [0.15, 0.2) is 35.0 Å². The summed E-state index contributed by atoms with van der Waals surface area (Å²) in [5.74, 6) is -0.0351. The van der Waals surface area contributed by atoms with Crippen molar-refractivity contribution in [3.63, 3.8) is 0 Å². The van der Waals surface area contributed by atoms with Gasteiger partial charge in [-0.15, -0.1) is 0 Å². The van der Waals surface area contributed by atoms with Crippen LogP contribution in [0.3, 0.4) is 0 Å². The minimum atomic E-state index is -1.07. The van der Waals surface area contributed by atoms with E-state index in [1.807, 2.05) is 0 Å². The Morgan fingerprint density at radius 1 is 1.59 bits per heavy atom. The number of aromatic carboxylic acids is 1. The number of nitrogens with zero attached hydrogens (tertiary/aromatic N) is 1. The predicted octanol–water partition coefficient (Wildman–Crippen LogP) is 2.26. The van der Waals surface area contributed by atoms with Crippen molar-refractivity contribution in [1.82, 2.24) is 4.98 Å². The van der Waals surface area contributed by atoms with Crippen molar-refractivity contribution < 1.29 is 19.1 Å². The molecule has 0 radical (unpaired) electrons. The number of ether oxygens (including phenoxy) is 1. The highest BCUT2D eigenvalue weighted by atomic mass is 16.5. The van der Waals surface area contributed by atoms with Crippen molar-refractivity contribution in [1.29, 1.82) is 0 Å². The Bertz CT molecular complexity index is 519. The first kappa shape index (κ1) is 11.2. The first-order chi connectivity index (χ1) is 8.16. The Kier molecular flexibility index (Phi) is 3.09. The van der Waals surface area contributed by atoms with Gasteiger partial charge in [0.25, 0.3) is 0 Å². The summed E-state index contributed by atoms with van der Waals surface area (Å²) in [6, 6.07) is 5.17. The fourth-order valence-corrected chi connectivity index (χ4v) is 1.42. The number of furan rings is 1. The molecular formula is C12H11NO4. The minimum absolute atomic E-state index is 0.0465. The number of aromatic nitrogens is 1. The molecule has 0 fully saturated rings. The fourth-order valence-electron chi connectivity index (χ4n) is 1.42. The van der Waals surface area contributed by atoms with Gasteiger partial charge in [0, 0.05) is 11.8 Å². The van der Waals surface area contributed by atoms with Gasteiger partial charge in [-0.3, -0.25) is 4.98 Å². The summed E-state index contributed by atoms with van der Waals surface area (Å²) in [7, 11) is 0. The summed E-state index contributed by atoms with van der Waals surface area (Å²) < 4.78 is 10.5. The van der Waals surface area contributed by atoms with Crippen LogP contribution in [0.25, 0.3) is 0 Å². The summed E-state index contributed by atoms with van der Waals surface area (Å²) >= 11 is 0. The molecular weight excluding hydrogens is 222 g/mol. The van der Waals surface area contributed by atoms with Crippen LogP contribution < -0.4 is 4.74 Å². The second-order valence-electron chi connectivity index (χ2n) is 3.51. The Labute approximate surface area is 97.7 Å². The van der Waals surface area contributed by atoms with Gasteiger partial charge in [0.05, 0.1) is 6.20 Å². The van der Waals surface area contributed by atoms with Gasteiger partial charge in [-0.2, -0.15) is 0 Å². The van der Waals surface area contributed by atoms with E-state index < -0.39 is 5.97 Å². The molecule has 5 nitrogen and oxygen atoms in total. The smallest absolute Gasteiger partial charge is 0.372 e. The van der Waals surface area contributed by atoms with Gasteiger partial charge < -0.3 is 14.3 Å². The normalized spacial score (nSPS) is 10.2. The number of carboxylic acid groups (broad SMARTS) is 1. The second-order valence-corrected chi connectivity index (χ2v) is 3.51. The van der Waals surface area contributed by atoms with Crippen molar-refractivity contribution in [2.75, 3.05) is 0 Å². The second kappa shape index (κ2) is 4.69. The number of rotatable bonds is 4. The zero-order valence-corrected chi connectivity index (χ0v) is 9.21. The molecule has 2 rings (SSSR count). The Hall–Kier alpha value is -2.30. The van der Waals surface area contributed by atoms with E-state index in [2.05, 4.69) is 4.98 Å². The highest BCUT2D eigenvalue weighted by Crippen LogP contribution is 2.17. The molecule has 2 heterocycles. The van der Waals surface area contributed by atoms with E-state index in [1.54, 1.807) is 37.5 Å². The van der Waals surface area contributed by atoms with E-state index in [0.29, 0.717) is 17.1 Å². The molecule has 0 aliphatic heterocycles. The molecule has 0 spiro atoms. The number of hydrogen-bond acceptors (Lipinski definition) is 4. The maximum Gasteiger partial charge on any atom is 0.372 e. The summed E-state index contributed by atoms with van der Waals surface area (Å²) in [5, 5.41) is 8.82. The van der Waals surface area contributed by atoms with Crippen LogP contribution in [0.4, 0.5) is 0 Å².